The summed E-state index contributed by atoms with van der Waals surface area (Å²) in [6.07, 6.45) is 3.38. The van der Waals surface area contributed by atoms with E-state index in [2.05, 4.69) is 0 Å². The Balaban J connectivity index is 2.30. The van der Waals surface area contributed by atoms with E-state index in [9.17, 15) is 9.59 Å². The number of nitrogens with zero attached hydrogens (tertiary/aromatic N) is 1. The predicted octanol–water partition coefficient (Wildman–Crippen LogP) is 1.42. The van der Waals surface area contributed by atoms with E-state index in [1.54, 1.807) is 35.2 Å². The fourth-order valence-electron chi connectivity index (χ4n) is 1.75. The molecule has 2 aromatic rings. The minimum absolute atomic E-state index is 0.110. The first-order chi connectivity index (χ1) is 9.06. The fraction of sp³-hybridized carbons (Fsp3) is 0.0714. The van der Waals surface area contributed by atoms with Crippen LogP contribution in [0.1, 0.15) is 10.4 Å². The van der Waals surface area contributed by atoms with Crippen molar-refractivity contribution in [1.82, 2.24) is 0 Å². The highest BCUT2D eigenvalue weighted by molar-refractivity contribution is 5.88. The molecule has 0 spiro atoms. The number of aliphatic carboxylic acids is 1. The maximum Gasteiger partial charge on any atom is 0.370 e. The van der Waals surface area contributed by atoms with Gasteiger partial charge < -0.3 is 10.2 Å². The third-order valence-corrected chi connectivity index (χ3v) is 2.64. The lowest BCUT2D eigenvalue weighted by Crippen LogP contribution is -2.37. The van der Waals surface area contributed by atoms with Gasteiger partial charge in [0, 0.05) is 11.6 Å². The summed E-state index contributed by atoms with van der Waals surface area (Å²) in [7, 11) is 0. The highest BCUT2D eigenvalue weighted by Gasteiger charge is 2.09. The number of carbonyl (C=O) groups is 2. The number of carboxylic acids is 2. The Kier molecular flexibility index (Phi) is 3.56. The number of hydrogen-bond donors (Lipinski definition) is 2. The number of carboxylic acid groups (broad SMARTS) is 2. The number of hydrogen-bond acceptors (Lipinski definition) is 2. The average Bonchev–Trinajstić information content (AvgIpc) is 2.38. The van der Waals surface area contributed by atoms with Gasteiger partial charge in [-0.3, -0.25) is 0 Å². The van der Waals surface area contributed by atoms with Crippen LogP contribution in [0.5, 0.6) is 0 Å². The molecule has 0 aliphatic heterocycles. The maximum absolute atomic E-state index is 10.8. The Labute approximate surface area is 109 Å². The van der Waals surface area contributed by atoms with Gasteiger partial charge in [-0.2, -0.15) is 4.57 Å². The topological polar surface area (TPSA) is 78.5 Å². The van der Waals surface area contributed by atoms with Gasteiger partial charge in [0.15, 0.2) is 12.4 Å². The minimum Gasteiger partial charge on any atom is -0.478 e. The van der Waals surface area contributed by atoms with Crippen molar-refractivity contribution in [3.05, 3.63) is 54.4 Å². The Hall–Kier alpha value is -2.69. The normalized spacial score (nSPS) is 10.1. The van der Waals surface area contributed by atoms with Crippen molar-refractivity contribution in [2.45, 2.75) is 6.54 Å². The van der Waals surface area contributed by atoms with Crippen molar-refractivity contribution < 1.29 is 24.4 Å². The zero-order valence-electron chi connectivity index (χ0n) is 9.98. The molecule has 0 aliphatic carbocycles. The van der Waals surface area contributed by atoms with Gasteiger partial charge in [-0.15, -0.1) is 0 Å². The molecule has 0 aliphatic rings. The number of benzene rings is 1. The summed E-state index contributed by atoms with van der Waals surface area (Å²) in [5, 5.41) is 17.6. The first kappa shape index (κ1) is 12.8. The van der Waals surface area contributed by atoms with Crippen LogP contribution in [0.3, 0.4) is 0 Å². The molecule has 1 heterocycles. The summed E-state index contributed by atoms with van der Waals surface area (Å²) in [5.74, 6) is -1.89. The lowest BCUT2D eigenvalue weighted by atomic mass is 10.1. The molecule has 96 valence electrons. The predicted molar refractivity (Wildman–Crippen MR) is 66.7 cm³/mol. The van der Waals surface area contributed by atoms with Crippen LogP contribution in [-0.4, -0.2) is 22.2 Å². The van der Waals surface area contributed by atoms with Gasteiger partial charge in [0.2, 0.25) is 6.54 Å². The van der Waals surface area contributed by atoms with E-state index in [4.69, 9.17) is 10.2 Å². The van der Waals surface area contributed by atoms with Crippen LogP contribution in [0.4, 0.5) is 0 Å². The lowest BCUT2D eigenvalue weighted by molar-refractivity contribution is -0.685. The molecule has 2 rings (SSSR count). The molecule has 0 bridgehead atoms. The second-order valence-corrected chi connectivity index (χ2v) is 4.04. The SMILES string of the molecule is O=C(O)C[n+]1cccc(-c2ccc(C(=O)O)cc2)c1. The quantitative estimate of drug-likeness (QED) is 0.813. The first-order valence-corrected chi connectivity index (χ1v) is 5.61. The van der Waals surface area contributed by atoms with Gasteiger partial charge in [0.05, 0.1) is 5.56 Å². The Morgan fingerprint density at radius 2 is 1.68 bits per heavy atom. The van der Waals surface area contributed by atoms with Gasteiger partial charge in [0.1, 0.15) is 0 Å². The molecule has 1 aromatic carbocycles. The van der Waals surface area contributed by atoms with Crippen LogP contribution < -0.4 is 4.57 Å². The molecule has 5 heteroatoms. The van der Waals surface area contributed by atoms with Gasteiger partial charge in [-0.05, 0) is 23.8 Å². The highest BCUT2D eigenvalue weighted by Crippen LogP contribution is 2.17. The van der Waals surface area contributed by atoms with Crippen molar-refractivity contribution in [2.75, 3.05) is 0 Å². The molecule has 19 heavy (non-hydrogen) atoms. The zero-order valence-corrected chi connectivity index (χ0v) is 9.98. The van der Waals surface area contributed by atoms with E-state index < -0.39 is 11.9 Å². The molecule has 1 aromatic heterocycles. The number of pyridine rings is 1. The van der Waals surface area contributed by atoms with E-state index in [-0.39, 0.29) is 12.1 Å². The van der Waals surface area contributed by atoms with Crippen LogP contribution in [0, 0.1) is 0 Å². The molecule has 0 saturated heterocycles. The first-order valence-electron chi connectivity index (χ1n) is 5.61. The molecular weight excluding hydrogens is 246 g/mol. The van der Waals surface area contributed by atoms with Crippen molar-refractivity contribution in [3.8, 4) is 11.1 Å². The number of rotatable bonds is 4. The highest BCUT2D eigenvalue weighted by atomic mass is 16.4. The lowest BCUT2D eigenvalue weighted by Gasteiger charge is -2.01. The minimum atomic E-state index is -0.972. The van der Waals surface area contributed by atoms with E-state index in [1.807, 2.05) is 6.07 Å². The molecule has 0 saturated carbocycles. The summed E-state index contributed by atoms with van der Waals surface area (Å²) in [5.41, 5.74) is 1.89. The summed E-state index contributed by atoms with van der Waals surface area (Å²) < 4.78 is 1.56. The Bertz CT molecular complexity index is 620. The molecular formula is C14H12NO4+. The van der Waals surface area contributed by atoms with E-state index in [0.717, 1.165) is 11.1 Å². The molecule has 5 nitrogen and oxygen atoms in total. The second kappa shape index (κ2) is 5.30. The maximum atomic E-state index is 10.8. The zero-order chi connectivity index (χ0) is 13.8. The van der Waals surface area contributed by atoms with Crippen LogP contribution in [0.2, 0.25) is 0 Å². The van der Waals surface area contributed by atoms with Gasteiger partial charge in [-0.1, -0.05) is 12.1 Å². The van der Waals surface area contributed by atoms with E-state index in [1.165, 1.54) is 12.1 Å². The smallest absolute Gasteiger partial charge is 0.370 e. The number of aromatic carboxylic acids is 1. The third kappa shape index (κ3) is 3.16. The monoisotopic (exact) mass is 258 g/mol. The number of aromatic nitrogens is 1. The van der Waals surface area contributed by atoms with Gasteiger partial charge >= 0.3 is 11.9 Å². The third-order valence-electron chi connectivity index (χ3n) is 2.64. The molecule has 0 fully saturated rings. The van der Waals surface area contributed by atoms with Gasteiger partial charge in [-0.25, -0.2) is 9.59 Å². The van der Waals surface area contributed by atoms with Crippen LogP contribution >= 0.6 is 0 Å². The van der Waals surface area contributed by atoms with Gasteiger partial charge in [0.25, 0.3) is 0 Å². The van der Waals surface area contributed by atoms with E-state index >= 15 is 0 Å². The van der Waals surface area contributed by atoms with Crippen LogP contribution in [0.15, 0.2) is 48.8 Å². The largest absolute Gasteiger partial charge is 0.478 e. The Morgan fingerprint density at radius 1 is 1.00 bits per heavy atom. The standard InChI is InChI=1S/C14H11NO4/c16-13(17)9-15-7-1-2-12(8-15)10-3-5-11(6-4-10)14(18)19/h1-8H,9H2,(H-,16,17,18,19)/p+1. The van der Waals surface area contributed by atoms with Crippen molar-refractivity contribution in [2.24, 2.45) is 0 Å². The summed E-state index contributed by atoms with van der Waals surface area (Å²) >= 11 is 0. The van der Waals surface area contributed by atoms with Crippen LogP contribution in [0.25, 0.3) is 11.1 Å². The van der Waals surface area contributed by atoms with Crippen molar-refractivity contribution >= 4 is 11.9 Å². The molecule has 2 N–H and O–H groups in total. The summed E-state index contributed by atoms with van der Waals surface area (Å²) in [6.45, 7) is -0.110. The van der Waals surface area contributed by atoms with Crippen LogP contribution in [-0.2, 0) is 11.3 Å². The van der Waals surface area contributed by atoms with Crippen molar-refractivity contribution in [1.29, 1.82) is 0 Å². The molecule has 0 unspecified atom stereocenters. The summed E-state index contributed by atoms with van der Waals surface area (Å²) in [4.78, 5) is 21.4. The molecule has 0 amide bonds. The average molecular weight is 258 g/mol. The van der Waals surface area contributed by atoms with Crippen molar-refractivity contribution in [3.63, 3.8) is 0 Å². The summed E-state index contributed by atoms with van der Waals surface area (Å²) in [6, 6.07) is 10.0. The van der Waals surface area contributed by atoms with E-state index in [0.29, 0.717) is 0 Å². The molecule has 0 radical (unpaired) electrons. The Morgan fingerprint density at radius 3 is 2.26 bits per heavy atom. The fourth-order valence-corrected chi connectivity index (χ4v) is 1.75. The molecule has 0 atom stereocenters. The second-order valence-electron chi connectivity index (χ2n) is 4.04.